The van der Waals surface area contributed by atoms with Gasteiger partial charge in [-0.15, -0.1) is 11.3 Å². The van der Waals surface area contributed by atoms with Gasteiger partial charge in [0.2, 0.25) is 5.95 Å². The van der Waals surface area contributed by atoms with Crippen LogP contribution < -0.4 is 16.8 Å². The minimum absolute atomic E-state index is 0.424. The van der Waals surface area contributed by atoms with Crippen LogP contribution in [-0.4, -0.2) is 22.9 Å². The number of amides is 1. The first-order valence-corrected chi connectivity index (χ1v) is 7.96. The summed E-state index contributed by atoms with van der Waals surface area (Å²) in [5, 5.41) is 3.63. The molecule has 7 nitrogen and oxygen atoms in total. The molecule has 0 unspecified atom stereocenters. The van der Waals surface area contributed by atoms with Crippen molar-refractivity contribution in [2.24, 2.45) is 5.73 Å². The van der Waals surface area contributed by atoms with Crippen LogP contribution in [0.5, 0.6) is 0 Å². The Morgan fingerprint density at radius 3 is 2.75 bits per heavy atom. The Morgan fingerprint density at radius 1 is 1.21 bits per heavy atom. The summed E-state index contributed by atoms with van der Waals surface area (Å²) in [7, 11) is 1.73. The molecule has 0 aromatic carbocycles. The summed E-state index contributed by atoms with van der Waals surface area (Å²) in [4.78, 5) is 21.4. The van der Waals surface area contributed by atoms with Gasteiger partial charge in [-0.2, -0.15) is 0 Å². The number of nitrogens with zero attached hydrogens (tertiary/aromatic N) is 2. The highest BCUT2D eigenvalue weighted by atomic mass is 32.1. The second-order valence-electron chi connectivity index (χ2n) is 5.21. The summed E-state index contributed by atoms with van der Waals surface area (Å²) >= 11 is 1.22. The fraction of sp³-hybridized carbons (Fsp3) is 0.0625. The van der Waals surface area contributed by atoms with Crippen LogP contribution >= 0.6 is 11.3 Å². The van der Waals surface area contributed by atoms with Crippen LogP contribution in [0.1, 0.15) is 9.67 Å². The molecule has 2 aromatic rings. The Bertz CT molecular complexity index is 1050. The van der Waals surface area contributed by atoms with E-state index in [0.717, 1.165) is 10.9 Å². The lowest BCUT2D eigenvalue weighted by Gasteiger charge is -2.07. The van der Waals surface area contributed by atoms with Gasteiger partial charge in [-0.1, -0.05) is 0 Å². The number of rotatable bonds is 3. The van der Waals surface area contributed by atoms with Crippen molar-refractivity contribution in [2.45, 2.75) is 0 Å². The molecule has 8 heteroatoms. The van der Waals surface area contributed by atoms with Gasteiger partial charge in [-0.05, 0) is 30.3 Å². The Hall–Kier alpha value is -3.13. The van der Waals surface area contributed by atoms with Gasteiger partial charge in [0.05, 0.1) is 4.88 Å². The normalized spacial score (nSPS) is 11.2. The summed E-state index contributed by atoms with van der Waals surface area (Å²) in [5.41, 5.74) is 13.4. The molecule has 5 N–H and O–H groups in total. The SMILES string of the molecule is CNc1nc(-c2ccc3c(N)ccc-3o2)c2cc(C(N)=O)sc2n1. The van der Waals surface area contributed by atoms with Crippen molar-refractivity contribution in [1.82, 2.24) is 9.97 Å². The van der Waals surface area contributed by atoms with Crippen LogP contribution in [0.4, 0.5) is 11.6 Å². The van der Waals surface area contributed by atoms with Crippen LogP contribution in [0.15, 0.2) is 34.7 Å². The van der Waals surface area contributed by atoms with E-state index in [4.69, 9.17) is 15.9 Å². The van der Waals surface area contributed by atoms with Crippen LogP contribution in [0.25, 0.3) is 33.0 Å². The van der Waals surface area contributed by atoms with Gasteiger partial charge in [-0.3, -0.25) is 4.79 Å². The van der Waals surface area contributed by atoms with Gasteiger partial charge >= 0.3 is 0 Å². The van der Waals surface area contributed by atoms with E-state index in [1.807, 2.05) is 18.2 Å². The van der Waals surface area contributed by atoms with Crippen molar-refractivity contribution >= 4 is 39.1 Å². The maximum absolute atomic E-state index is 11.5. The molecule has 2 aromatic heterocycles. The number of carbonyl (C=O) groups is 1. The van der Waals surface area contributed by atoms with Gasteiger partial charge in [0.25, 0.3) is 5.91 Å². The number of hydrogen-bond donors (Lipinski definition) is 3. The van der Waals surface area contributed by atoms with E-state index in [9.17, 15) is 4.79 Å². The minimum atomic E-state index is -0.494. The highest BCUT2D eigenvalue weighted by molar-refractivity contribution is 7.20. The number of nitrogens with two attached hydrogens (primary N) is 2. The molecule has 1 aliphatic heterocycles. The van der Waals surface area contributed by atoms with E-state index >= 15 is 0 Å². The fourth-order valence-corrected chi connectivity index (χ4v) is 3.42. The largest absolute Gasteiger partial charge is 0.454 e. The van der Waals surface area contributed by atoms with Gasteiger partial charge in [0.1, 0.15) is 16.3 Å². The monoisotopic (exact) mass is 339 g/mol. The first-order valence-electron chi connectivity index (χ1n) is 7.14. The molecule has 1 aliphatic carbocycles. The average molecular weight is 339 g/mol. The highest BCUT2D eigenvalue weighted by Gasteiger charge is 2.18. The number of aromatic nitrogens is 2. The van der Waals surface area contributed by atoms with Crippen LogP contribution in [0, 0.1) is 0 Å². The number of carbonyl (C=O) groups excluding carboxylic acids is 1. The molecule has 2 aliphatic rings. The first-order chi connectivity index (χ1) is 11.6. The molecular formula is C16H13N5O2S. The molecular weight excluding hydrogens is 326 g/mol. The third-order valence-corrected chi connectivity index (χ3v) is 4.75. The van der Waals surface area contributed by atoms with Crippen molar-refractivity contribution in [3.8, 4) is 22.8 Å². The van der Waals surface area contributed by atoms with E-state index in [0.29, 0.717) is 38.6 Å². The van der Waals surface area contributed by atoms with Crippen molar-refractivity contribution in [2.75, 3.05) is 18.1 Å². The van der Waals surface area contributed by atoms with E-state index < -0.39 is 5.91 Å². The van der Waals surface area contributed by atoms with Crippen LogP contribution in [-0.2, 0) is 0 Å². The maximum Gasteiger partial charge on any atom is 0.258 e. The second-order valence-corrected chi connectivity index (χ2v) is 6.24. The predicted molar refractivity (Wildman–Crippen MR) is 94.2 cm³/mol. The smallest absolute Gasteiger partial charge is 0.258 e. The average Bonchev–Trinajstić information content (AvgIpc) is 3.17. The lowest BCUT2D eigenvalue weighted by molar-refractivity contribution is 0.100. The first kappa shape index (κ1) is 14.5. The third-order valence-electron chi connectivity index (χ3n) is 3.70. The molecule has 0 atom stereocenters. The summed E-state index contributed by atoms with van der Waals surface area (Å²) < 4.78 is 5.94. The molecule has 0 bridgehead atoms. The van der Waals surface area contributed by atoms with Crippen LogP contribution in [0.3, 0.4) is 0 Å². The standard InChI is InChI=1S/C16H13N5O2S/c1-19-16-20-13(8-6-12(14(18)22)24-15(8)21-16)11-4-2-7-9(17)3-5-10(7)23-11/h2-6H,17H2,1H3,(H2,18,22)(H,19,20,21). The van der Waals surface area contributed by atoms with Gasteiger partial charge in [0.15, 0.2) is 5.76 Å². The van der Waals surface area contributed by atoms with E-state index in [2.05, 4.69) is 15.3 Å². The fourth-order valence-electron chi connectivity index (χ4n) is 2.54. The summed E-state index contributed by atoms with van der Waals surface area (Å²) in [6.07, 6.45) is 0. The maximum atomic E-state index is 11.5. The second kappa shape index (κ2) is 5.20. The number of nitrogens with one attached hydrogen (secondary N) is 1. The number of hydrogen-bond acceptors (Lipinski definition) is 7. The number of anilines is 2. The lowest BCUT2D eigenvalue weighted by atomic mass is 10.1. The van der Waals surface area contributed by atoms with Crippen molar-refractivity contribution in [3.63, 3.8) is 0 Å². The predicted octanol–water partition coefficient (Wildman–Crippen LogP) is 2.78. The Morgan fingerprint density at radius 2 is 2.00 bits per heavy atom. The van der Waals surface area contributed by atoms with Gasteiger partial charge in [0, 0.05) is 23.7 Å². The Balaban J connectivity index is 1.99. The van der Waals surface area contributed by atoms with Crippen molar-refractivity contribution in [1.29, 1.82) is 0 Å². The van der Waals surface area contributed by atoms with E-state index in [-0.39, 0.29) is 0 Å². The highest BCUT2D eigenvalue weighted by Crippen LogP contribution is 2.37. The third kappa shape index (κ3) is 2.16. The number of thiophene rings is 1. The molecule has 0 spiro atoms. The zero-order valence-corrected chi connectivity index (χ0v) is 13.5. The topological polar surface area (TPSA) is 120 Å². The molecule has 0 saturated heterocycles. The summed E-state index contributed by atoms with van der Waals surface area (Å²) in [6.45, 7) is 0. The molecule has 4 rings (SSSR count). The molecule has 0 radical (unpaired) electrons. The molecule has 3 heterocycles. The van der Waals surface area contributed by atoms with Crippen molar-refractivity contribution in [3.05, 3.63) is 35.2 Å². The summed E-state index contributed by atoms with van der Waals surface area (Å²) in [6, 6.07) is 8.99. The number of nitrogen functional groups attached to an aromatic ring is 1. The van der Waals surface area contributed by atoms with E-state index in [1.54, 1.807) is 19.2 Å². The molecule has 24 heavy (non-hydrogen) atoms. The Labute approximate surface area is 140 Å². The molecule has 1 amide bonds. The Kier molecular flexibility index (Phi) is 3.14. The van der Waals surface area contributed by atoms with Gasteiger partial charge in [-0.25, -0.2) is 9.97 Å². The quantitative estimate of drug-likeness (QED) is 0.528. The molecule has 120 valence electrons. The zero-order chi connectivity index (χ0) is 16.8. The lowest BCUT2D eigenvalue weighted by Crippen LogP contribution is -2.08. The number of primary amides is 1. The molecule has 0 fully saturated rings. The zero-order valence-electron chi connectivity index (χ0n) is 12.7. The molecule has 0 saturated carbocycles. The van der Waals surface area contributed by atoms with Crippen LogP contribution in [0.2, 0.25) is 0 Å². The van der Waals surface area contributed by atoms with Gasteiger partial charge < -0.3 is 21.2 Å². The van der Waals surface area contributed by atoms with Crippen molar-refractivity contribution < 1.29 is 9.21 Å². The van der Waals surface area contributed by atoms with E-state index in [1.165, 1.54) is 11.3 Å². The summed E-state index contributed by atoms with van der Waals surface area (Å²) in [5.74, 6) is 1.18. The minimum Gasteiger partial charge on any atom is -0.454 e. The number of fused-ring (bicyclic) bond motifs is 2.